The van der Waals surface area contributed by atoms with Crippen LogP contribution in [0.1, 0.15) is 12.0 Å². The summed E-state index contributed by atoms with van der Waals surface area (Å²) in [5.41, 5.74) is 8.91. The number of H-pyrrole nitrogens is 1. The van der Waals surface area contributed by atoms with Gasteiger partial charge in [-0.25, -0.2) is 4.98 Å². The Bertz CT molecular complexity index is 1010. The Balaban J connectivity index is 0.00000196. The molecule has 2 aromatic carbocycles. The molecule has 1 aliphatic rings. The number of hydrogen-bond donors (Lipinski definition) is 3. The number of nitro benzene ring substituents is 1. The molecule has 0 atom stereocenters. The first kappa shape index (κ1) is 17.7. The largest absolute Gasteiger partial charge is 0.393 e. The second-order valence-corrected chi connectivity index (χ2v) is 5.86. The van der Waals surface area contributed by atoms with E-state index in [2.05, 4.69) is 20.3 Å². The highest BCUT2D eigenvalue weighted by Gasteiger charge is 2.15. The molecule has 0 aliphatic carbocycles. The number of amidine groups is 1. The van der Waals surface area contributed by atoms with Crippen molar-refractivity contribution in [2.24, 2.45) is 4.99 Å². The highest BCUT2D eigenvalue weighted by Crippen LogP contribution is 2.28. The lowest BCUT2D eigenvalue weighted by Gasteiger charge is -2.14. The van der Waals surface area contributed by atoms with Gasteiger partial charge in [0, 0.05) is 30.3 Å². The molecule has 4 N–H and O–H groups in total. The van der Waals surface area contributed by atoms with Gasteiger partial charge in [-0.05, 0) is 36.8 Å². The molecule has 2 heterocycles. The molecule has 0 saturated carbocycles. The van der Waals surface area contributed by atoms with E-state index in [0.717, 1.165) is 41.9 Å². The Morgan fingerprint density at radius 3 is 2.69 bits per heavy atom. The molecule has 26 heavy (non-hydrogen) atoms. The number of rotatable bonds is 3. The third kappa shape index (κ3) is 3.18. The summed E-state index contributed by atoms with van der Waals surface area (Å²) >= 11 is 0. The topological polar surface area (TPSA) is 122 Å². The number of halogens is 1. The van der Waals surface area contributed by atoms with Crippen LogP contribution in [0.2, 0.25) is 0 Å². The minimum Gasteiger partial charge on any atom is -0.393 e. The molecule has 1 aliphatic heterocycles. The summed E-state index contributed by atoms with van der Waals surface area (Å²) in [6.45, 7) is 1.74. The Morgan fingerprint density at radius 2 is 1.96 bits per heavy atom. The minimum atomic E-state index is -0.494. The van der Waals surface area contributed by atoms with Gasteiger partial charge in [0.25, 0.3) is 5.69 Å². The second-order valence-electron chi connectivity index (χ2n) is 5.86. The van der Waals surface area contributed by atoms with Crippen LogP contribution in [-0.2, 0) is 0 Å². The van der Waals surface area contributed by atoms with Crippen molar-refractivity contribution < 1.29 is 4.92 Å². The molecule has 0 spiro atoms. The van der Waals surface area contributed by atoms with Gasteiger partial charge < -0.3 is 16.0 Å². The maximum atomic E-state index is 11.1. The lowest BCUT2D eigenvalue weighted by atomic mass is 10.1. The number of nitrogen functional groups attached to an aromatic ring is 1. The van der Waals surface area contributed by atoms with E-state index in [1.165, 1.54) is 12.1 Å². The van der Waals surface area contributed by atoms with Crippen LogP contribution in [0.3, 0.4) is 0 Å². The molecule has 4 rings (SSSR count). The fourth-order valence-electron chi connectivity index (χ4n) is 2.87. The Hall–Kier alpha value is -3.13. The van der Waals surface area contributed by atoms with E-state index >= 15 is 0 Å². The van der Waals surface area contributed by atoms with E-state index in [9.17, 15) is 10.1 Å². The number of aromatic amines is 1. The average molecular weight is 373 g/mol. The number of nitrogens with zero attached hydrogens (tertiary/aromatic N) is 3. The first-order valence-electron chi connectivity index (χ1n) is 7.94. The lowest BCUT2D eigenvalue weighted by molar-refractivity contribution is -0.383. The zero-order valence-electron chi connectivity index (χ0n) is 13.7. The SMILES string of the molecule is Cl.Nc1ccc(-c2nc3ccc(C4=NCCCN4)cc3[nH]2)cc1[N+](=O)[O-]. The molecule has 134 valence electrons. The van der Waals surface area contributed by atoms with Gasteiger partial charge in [0.2, 0.25) is 0 Å². The van der Waals surface area contributed by atoms with Crippen molar-refractivity contribution in [2.75, 3.05) is 18.8 Å². The van der Waals surface area contributed by atoms with Gasteiger partial charge in [-0.15, -0.1) is 12.4 Å². The predicted molar refractivity (Wildman–Crippen MR) is 104 cm³/mol. The fraction of sp³-hybridized carbons (Fsp3) is 0.176. The number of aromatic nitrogens is 2. The van der Waals surface area contributed by atoms with Crippen molar-refractivity contribution in [1.29, 1.82) is 0 Å². The van der Waals surface area contributed by atoms with Crippen LogP contribution in [0, 0.1) is 10.1 Å². The van der Waals surface area contributed by atoms with Gasteiger partial charge in [0.15, 0.2) is 0 Å². The van der Waals surface area contributed by atoms with Crippen molar-refractivity contribution in [3.05, 3.63) is 52.1 Å². The highest BCUT2D eigenvalue weighted by atomic mass is 35.5. The van der Waals surface area contributed by atoms with Gasteiger partial charge in [-0.3, -0.25) is 15.1 Å². The molecule has 1 aromatic heterocycles. The molecule has 8 nitrogen and oxygen atoms in total. The van der Waals surface area contributed by atoms with E-state index < -0.39 is 4.92 Å². The van der Waals surface area contributed by atoms with Gasteiger partial charge in [0.05, 0.1) is 16.0 Å². The van der Waals surface area contributed by atoms with Gasteiger partial charge >= 0.3 is 0 Å². The molecule has 0 bridgehead atoms. The molecule has 9 heteroatoms. The van der Waals surface area contributed by atoms with Crippen molar-refractivity contribution in [3.63, 3.8) is 0 Å². The third-order valence-corrected chi connectivity index (χ3v) is 4.15. The van der Waals surface area contributed by atoms with E-state index in [4.69, 9.17) is 5.73 Å². The number of fused-ring (bicyclic) bond motifs is 1. The van der Waals surface area contributed by atoms with Crippen LogP contribution in [0.4, 0.5) is 11.4 Å². The lowest BCUT2D eigenvalue weighted by Crippen LogP contribution is -2.30. The smallest absolute Gasteiger partial charge is 0.292 e. The molecule has 0 amide bonds. The number of aliphatic imine (C=N–C) groups is 1. The summed E-state index contributed by atoms with van der Waals surface area (Å²) < 4.78 is 0. The quantitative estimate of drug-likeness (QED) is 0.370. The Kier molecular flexibility index (Phi) is 4.77. The maximum Gasteiger partial charge on any atom is 0.292 e. The zero-order valence-corrected chi connectivity index (χ0v) is 14.5. The Morgan fingerprint density at radius 1 is 1.15 bits per heavy atom. The first-order valence-corrected chi connectivity index (χ1v) is 7.94. The number of anilines is 1. The number of benzene rings is 2. The predicted octanol–water partition coefficient (Wildman–Crippen LogP) is 2.88. The van der Waals surface area contributed by atoms with E-state index in [-0.39, 0.29) is 23.8 Å². The molecule has 0 saturated heterocycles. The van der Waals surface area contributed by atoms with Crippen LogP contribution >= 0.6 is 12.4 Å². The van der Waals surface area contributed by atoms with Gasteiger partial charge in [-0.2, -0.15) is 0 Å². The van der Waals surface area contributed by atoms with Crippen molar-refractivity contribution in [3.8, 4) is 11.4 Å². The third-order valence-electron chi connectivity index (χ3n) is 4.15. The summed E-state index contributed by atoms with van der Waals surface area (Å²) in [5.74, 6) is 1.45. The highest BCUT2D eigenvalue weighted by molar-refractivity contribution is 6.01. The first-order chi connectivity index (χ1) is 12.1. The molecule has 0 fully saturated rings. The average Bonchev–Trinajstić information content (AvgIpc) is 3.05. The van der Waals surface area contributed by atoms with Crippen molar-refractivity contribution in [1.82, 2.24) is 15.3 Å². The van der Waals surface area contributed by atoms with E-state index in [0.29, 0.717) is 11.4 Å². The normalized spacial score (nSPS) is 13.6. The van der Waals surface area contributed by atoms with Crippen LogP contribution in [-0.4, -0.2) is 33.8 Å². The van der Waals surface area contributed by atoms with E-state index in [1.807, 2.05) is 18.2 Å². The molecular weight excluding hydrogens is 356 g/mol. The summed E-state index contributed by atoms with van der Waals surface area (Å²) in [6.07, 6.45) is 1.04. The Labute approximate surface area is 155 Å². The number of hydrogen-bond acceptors (Lipinski definition) is 6. The number of nitro groups is 1. The number of imidazole rings is 1. The monoisotopic (exact) mass is 372 g/mol. The van der Waals surface area contributed by atoms with Gasteiger partial charge in [-0.1, -0.05) is 0 Å². The fourth-order valence-corrected chi connectivity index (χ4v) is 2.87. The summed E-state index contributed by atoms with van der Waals surface area (Å²) in [5, 5.41) is 14.4. The second kappa shape index (κ2) is 7.01. The van der Waals surface area contributed by atoms with E-state index in [1.54, 1.807) is 6.07 Å². The molecule has 0 unspecified atom stereocenters. The van der Waals surface area contributed by atoms with Crippen LogP contribution < -0.4 is 11.1 Å². The van der Waals surface area contributed by atoms with Crippen molar-refractivity contribution in [2.45, 2.75) is 6.42 Å². The van der Waals surface area contributed by atoms with Crippen molar-refractivity contribution >= 4 is 40.7 Å². The van der Waals surface area contributed by atoms with Crippen LogP contribution in [0.5, 0.6) is 0 Å². The van der Waals surface area contributed by atoms with Crippen LogP contribution in [0.25, 0.3) is 22.4 Å². The number of nitrogens with one attached hydrogen (secondary N) is 2. The zero-order chi connectivity index (χ0) is 17.4. The van der Waals surface area contributed by atoms with Crippen LogP contribution in [0.15, 0.2) is 41.4 Å². The summed E-state index contributed by atoms with van der Waals surface area (Å²) in [6, 6.07) is 10.5. The maximum absolute atomic E-state index is 11.1. The number of nitrogens with two attached hydrogens (primary N) is 1. The molecule has 3 aromatic rings. The summed E-state index contributed by atoms with van der Waals surface area (Å²) in [7, 11) is 0. The van der Waals surface area contributed by atoms with Gasteiger partial charge in [0.1, 0.15) is 17.3 Å². The molecular formula is C17H17ClN6O2. The molecule has 0 radical (unpaired) electrons. The standard InChI is InChI=1S/C17H16N6O2.ClH/c18-12-4-2-11(9-15(12)23(24)25)17-21-13-5-3-10(8-14(13)22-17)16-19-6-1-7-20-16;/h2-5,8-9H,1,6-7,18H2,(H,19,20)(H,21,22);1H. The summed E-state index contributed by atoms with van der Waals surface area (Å²) in [4.78, 5) is 22.8. The minimum absolute atomic E-state index is 0.